The van der Waals surface area contributed by atoms with Crippen LogP contribution in [0.3, 0.4) is 0 Å². The van der Waals surface area contributed by atoms with Gasteiger partial charge < -0.3 is 20.6 Å². The molecule has 0 saturated heterocycles. The number of carbonyl (C=O) groups is 2. The summed E-state index contributed by atoms with van der Waals surface area (Å²) in [4.78, 5) is 28.0. The molecule has 0 spiro atoms. The molecule has 3 amide bonds. The van der Waals surface area contributed by atoms with Crippen LogP contribution in [0, 0.1) is 11.6 Å². The van der Waals surface area contributed by atoms with Crippen molar-refractivity contribution >= 4 is 29.2 Å². The molecule has 1 aliphatic rings. The van der Waals surface area contributed by atoms with Gasteiger partial charge >= 0.3 is 6.03 Å². The molecule has 7 nitrogen and oxygen atoms in total. The van der Waals surface area contributed by atoms with Gasteiger partial charge in [0.1, 0.15) is 18.2 Å². The predicted octanol–water partition coefficient (Wildman–Crippen LogP) is 2.16. The molecule has 1 aromatic carbocycles. The van der Waals surface area contributed by atoms with Crippen molar-refractivity contribution in [1.29, 1.82) is 0 Å². The summed E-state index contributed by atoms with van der Waals surface area (Å²) in [6.07, 6.45) is 1.90. The number of hydrogen-bond donors (Lipinski definition) is 3. The summed E-state index contributed by atoms with van der Waals surface area (Å²) in [5, 5.41) is 14.3. The van der Waals surface area contributed by atoms with Crippen LogP contribution in [0.5, 0.6) is 0 Å². The van der Waals surface area contributed by atoms with E-state index in [2.05, 4.69) is 15.6 Å². The zero-order valence-electron chi connectivity index (χ0n) is 14.1. The van der Waals surface area contributed by atoms with E-state index in [9.17, 15) is 18.4 Å². The van der Waals surface area contributed by atoms with E-state index in [-0.39, 0.29) is 38.2 Å². The number of hydrogen-bond acceptors (Lipinski definition) is 4. The largest absolute Gasteiger partial charge is 0.395 e. The van der Waals surface area contributed by atoms with Crippen molar-refractivity contribution in [2.75, 3.05) is 25.0 Å². The SMILES string of the molecule is Fc1cncc(F)c1.O=C(CN1Cc2c(Cl)cccc2NC1=O)NCCO. The number of aliphatic hydroxyl groups excluding tert-OH is 1. The van der Waals surface area contributed by atoms with E-state index in [4.69, 9.17) is 16.7 Å². The molecular weight excluding hydrogens is 382 g/mol. The number of amides is 3. The zero-order chi connectivity index (χ0) is 19.8. The molecule has 2 aromatic rings. The average Bonchev–Trinajstić information content (AvgIpc) is 2.62. The molecule has 3 N–H and O–H groups in total. The van der Waals surface area contributed by atoms with Gasteiger partial charge in [0.05, 0.1) is 25.5 Å². The maximum absolute atomic E-state index is 11.9. The summed E-state index contributed by atoms with van der Waals surface area (Å²) in [5.41, 5.74) is 1.46. The minimum absolute atomic E-state index is 0.0729. The fourth-order valence-corrected chi connectivity index (χ4v) is 2.47. The number of anilines is 1. The van der Waals surface area contributed by atoms with Gasteiger partial charge in [-0.2, -0.15) is 0 Å². The first-order chi connectivity index (χ1) is 12.9. The average molecular weight is 399 g/mol. The molecular formula is C17H17ClF2N4O3. The smallest absolute Gasteiger partial charge is 0.322 e. The first kappa shape index (κ1) is 20.5. The third-order valence-corrected chi connectivity index (χ3v) is 3.79. The molecule has 0 saturated carbocycles. The Balaban J connectivity index is 0.000000273. The Morgan fingerprint density at radius 3 is 2.63 bits per heavy atom. The maximum atomic E-state index is 11.9. The monoisotopic (exact) mass is 398 g/mol. The molecule has 2 heterocycles. The number of nitrogens with zero attached hydrogens (tertiary/aromatic N) is 2. The van der Waals surface area contributed by atoms with Gasteiger partial charge in [-0.05, 0) is 12.1 Å². The molecule has 27 heavy (non-hydrogen) atoms. The highest BCUT2D eigenvalue weighted by Gasteiger charge is 2.25. The second-order valence-electron chi connectivity index (χ2n) is 5.45. The highest BCUT2D eigenvalue weighted by molar-refractivity contribution is 6.32. The summed E-state index contributed by atoms with van der Waals surface area (Å²) < 4.78 is 23.7. The van der Waals surface area contributed by atoms with Crippen LogP contribution in [-0.2, 0) is 11.3 Å². The number of aromatic nitrogens is 1. The number of carbonyl (C=O) groups excluding carboxylic acids is 2. The van der Waals surface area contributed by atoms with Gasteiger partial charge in [-0.3, -0.25) is 9.78 Å². The summed E-state index contributed by atoms with van der Waals surface area (Å²) in [6.45, 7) is 0.252. The lowest BCUT2D eigenvalue weighted by Crippen LogP contribution is -2.45. The van der Waals surface area contributed by atoms with Gasteiger partial charge in [-0.25, -0.2) is 13.6 Å². The van der Waals surface area contributed by atoms with E-state index < -0.39 is 11.6 Å². The Bertz CT molecular complexity index is 805. The molecule has 0 fully saturated rings. The summed E-state index contributed by atoms with van der Waals surface area (Å²) in [6, 6.07) is 5.69. The van der Waals surface area contributed by atoms with Crippen LogP contribution in [0.15, 0.2) is 36.7 Å². The Labute approximate surface area is 159 Å². The van der Waals surface area contributed by atoms with Crippen molar-refractivity contribution in [3.63, 3.8) is 0 Å². The lowest BCUT2D eigenvalue weighted by Gasteiger charge is -2.29. The third kappa shape index (κ3) is 6.15. The number of rotatable bonds is 4. The van der Waals surface area contributed by atoms with Gasteiger partial charge in [-0.15, -0.1) is 0 Å². The van der Waals surface area contributed by atoms with Crippen LogP contribution in [0.2, 0.25) is 5.02 Å². The Morgan fingerprint density at radius 2 is 2.04 bits per heavy atom. The van der Waals surface area contributed by atoms with Crippen molar-refractivity contribution in [2.24, 2.45) is 0 Å². The minimum Gasteiger partial charge on any atom is -0.395 e. The molecule has 1 aromatic heterocycles. The van der Waals surface area contributed by atoms with Gasteiger partial charge in [0.15, 0.2) is 0 Å². The highest BCUT2D eigenvalue weighted by Crippen LogP contribution is 2.29. The number of nitrogens with one attached hydrogen (secondary N) is 2. The number of urea groups is 1. The van der Waals surface area contributed by atoms with E-state index in [1.807, 2.05) is 0 Å². The predicted molar refractivity (Wildman–Crippen MR) is 95.1 cm³/mol. The van der Waals surface area contributed by atoms with Crippen molar-refractivity contribution in [3.05, 3.63) is 58.9 Å². The summed E-state index contributed by atoms with van der Waals surface area (Å²) in [5.74, 6) is -1.62. The van der Waals surface area contributed by atoms with E-state index in [0.717, 1.165) is 24.0 Å². The normalized spacial score (nSPS) is 12.4. The second-order valence-corrected chi connectivity index (χ2v) is 5.85. The van der Waals surface area contributed by atoms with Crippen molar-refractivity contribution in [3.8, 4) is 0 Å². The van der Waals surface area contributed by atoms with Crippen molar-refractivity contribution in [1.82, 2.24) is 15.2 Å². The Morgan fingerprint density at radius 1 is 1.33 bits per heavy atom. The number of fused-ring (bicyclic) bond motifs is 1. The van der Waals surface area contributed by atoms with Crippen LogP contribution in [0.25, 0.3) is 0 Å². The van der Waals surface area contributed by atoms with Gasteiger partial charge in [-0.1, -0.05) is 17.7 Å². The second kappa shape index (κ2) is 9.79. The molecule has 10 heteroatoms. The number of benzene rings is 1. The van der Waals surface area contributed by atoms with Crippen LogP contribution in [0.1, 0.15) is 5.56 Å². The van der Waals surface area contributed by atoms with E-state index >= 15 is 0 Å². The van der Waals surface area contributed by atoms with Crippen LogP contribution < -0.4 is 10.6 Å². The van der Waals surface area contributed by atoms with Gasteiger partial charge in [0.25, 0.3) is 0 Å². The van der Waals surface area contributed by atoms with Crippen molar-refractivity contribution in [2.45, 2.75) is 6.54 Å². The minimum atomic E-state index is -0.648. The maximum Gasteiger partial charge on any atom is 0.322 e. The standard InChI is InChI=1S/C12H14ClN3O3.C5H3F2N/c13-9-2-1-3-10-8(9)6-16(12(19)15-10)7-11(18)14-4-5-17;6-4-1-5(7)3-8-2-4/h1-3,17H,4-7H2,(H,14,18)(H,15,19);1-3H. The summed E-state index contributed by atoms with van der Waals surface area (Å²) in [7, 11) is 0. The van der Waals surface area contributed by atoms with Crippen molar-refractivity contribution < 1.29 is 23.5 Å². The van der Waals surface area contributed by atoms with Gasteiger partial charge in [0, 0.05) is 28.9 Å². The van der Waals surface area contributed by atoms with E-state index in [1.54, 1.807) is 18.2 Å². The summed E-state index contributed by atoms with van der Waals surface area (Å²) >= 11 is 6.06. The van der Waals surface area contributed by atoms with Crippen LogP contribution in [0.4, 0.5) is 19.3 Å². The molecule has 0 unspecified atom stereocenters. The third-order valence-electron chi connectivity index (χ3n) is 3.44. The quantitative estimate of drug-likeness (QED) is 0.735. The number of aliphatic hydroxyl groups is 1. The molecule has 0 atom stereocenters. The Hall–Kier alpha value is -2.78. The highest BCUT2D eigenvalue weighted by atomic mass is 35.5. The Kier molecular flexibility index (Phi) is 7.44. The zero-order valence-corrected chi connectivity index (χ0v) is 14.8. The van der Waals surface area contributed by atoms with Crippen LogP contribution in [-0.4, -0.2) is 46.6 Å². The topological polar surface area (TPSA) is 94.6 Å². The van der Waals surface area contributed by atoms with E-state index in [0.29, 0.717) is 10.7 Å². The molecule has 3 rings (SSSR count). The molecule has 0 radical (unpaired) electrons. The molecule has 1 aliphatic heterocycles. The molecule has 0 bridgehead atoms. The molecule has 144 valence electrons. The van der Waals surface area contributed by atoms with E-state index in [1.165, 1.54) is 4.90 Å². The lowest BCUT2D eigenvalue weighted by atomic mass is 10.1. The number of halogens is 3. The fraction of sp³-hybridized carbons (Fsp3) is 0.235. The first-order valence-electron chi connectivity index (χ1n) is 7.87. The first-order valence-corrected chi connectivity index (χ1v) is 8.25. The van der Waals surface area contributed by atoms with Gasteiger partial charge in [0.2, 0.25) is 5.91 Å². The lowest BCUT2D eigenvalue weighted by molar-refractivity contribution is -0.121. The number of pyridine rings is 1. The fourth-order valence-electron chi connectivity index (χ4n) is 2.23. The molecule has 0 aliphatic carbocycles. The van der Waals surface area contributed by atoms with Crippen LogP contribution >= 0.6 is 11.6 Å².